The first-order valence-electron chi connectivity index (χ1n) is 8.85. The molecule has 2 heteroatoms. The maximum absolute atomic E-state index is 5.61. The van der Waals surface area contributed by atoms with Crippen LogP contribution in [0.15, 0.2) is 0 Å². The lowest BCUT2D eigenvalue weighted by molar-refractivity contribution is 0.128. The van der Waals surface area contributed by atoms with E-state index in [9.17, 15) is 0 Å². The zero-order valence-corrected chi connectivity index (χ0v) is 14.3. The molecule has 0 spiro atoms. The lowest BCUT2D eigenvalue weighted by Gasteiger charge is -2.29. The molecule has 120 valence electrons. The minimum absolute atomic E-state index is 0.488. The molecular weight excluding hydrogens is 246 g/mol. The second-order valence-corrected chi connectivity index (χ2v) is 7.54. The first-order valence-corrected chi connectivity index (χ1v) is 8.85. The van der Waals surface area contributed by atoms with Crippen LogP contribution in [0, 0.1) is 11.3 Å². The number of rotatable bonds is 8. The Bertz CT molecular complexity index is 234. The summed E-state index contributed by atoms with van der Waals surface area (Å²) in [5.41, 5.74) is 0.488. The number of nitrogens with one attached hydrogen (secondary N) is 1. The molecule has 2 atom stereocenters. The fourth-order valence-electron chi connectivity index (χ4n) is 3.20. The Morgan fingerprint density at radius 1 is 1.00 bits per heavy atom. The van der Waals surface area contributed by atoms with Crippen LogP contribution in [0.2, 0.25) is 0 Å². The van der Waals surface area contributed by atoms with Crippen LogP contribution in [0.3, 0.4) is 0 Å². The van der Waals surface area contributed by atoms with E-state index >= 15 is 0 Å². The van der Waals surface area contributed by atoms with Gasteiger partial charge >= 0.3 is 0 Å². The predicted octanol–water partition coefficient (Wildman–Crippen LogP) is 4.78. The lowest BCUT2D eigenvalue weighted by atomic mass is 9.76. The van der Waals surface area contributed by atoms with Crippen molar-refractivity contribution in [3.8, 4) is 0 Å². The Hall–Kier alpha value is -0.0800. The number of hydrogen-bond donors (Lipinski definition) is 1. The fraction of sp³-hybridized carbons (Fsp3) is 1.00. The molecule has 0 heterocycles. The summed E-state index contributed by atoms with van der Waals surface area (Å²) in [5.74, 6) is 0.909. The van der Waals surface area contributed by atoms with Gasteiger partial charge in [-0.1, -0.05) is 40.5 Å². The minimum Gasteiger partial charge on any atom is -0.381 e. The summed E-state index contributed by atoms with van der Waals surface area (Å²) in [4.78, 5) is 0. The summed E-state index contributed by atoms with van der Waals surface area (Å²) in [6, 6.07) is 0.748. The van der Waals surface area contributed by atoms with Crippen LogP contribution in [0.1, 0.15) is 79.1 Å². The van der Waals surface area contributed by atoms with E-state index < -0.39 is 0 Å². The highest BCUT2D eigenvalue weighted by atomic mass is 16.5. The third-order valence-electron chi connectivity index (χ3n) is 4.73. The molecular formula is C18H37NO. The SMILES string of the molecule is CCCCOCCCNC1CCCC(C(C)(C)C)CC1. The van der Waals surface area contributed by atoms with Crippen LogP contribution in [-0.4, -0.2) is 25.8 Å². The molecule has 0 aliphatic heterocycles. The molecule has 0 amide bonds. The van der Waals surface area contributed by atoms with Crippen molar-refractivity contribution in [1.82, 2.24) is 5.32 Å². The average Bonchev–Trinajstić information content (AvgIpc) is 2.63. The van der Waals surface area contributed by atoms with Crippen molar-refractivity contribution in [1.29, 1.82) is 0 Å². The van der Waals surface area contributed by atoms with Crippen molar-refractivity contribution in [2.45, 2.75) is 85.1 Å². The van der Waals surface area contributed by atoms with Gasteiger partial charge in [0.15, 0.2) is 0 Å². The maximum Gasteiger partial charge on any atom is 0.0478 e. The van der Waals surface area contributed by atoms with Gasteiger partial charge in [0.1, 0.15) is 0 Å². The van der Waals surface area contributed by atoms with E-state index in [0.717, 1.165) is 38.1 Å². The van der Waals surface area contributed by atoms with E-state index in [1.54, 1.807) is 0 Å². The topological polar surface area (TPSA) is 21.3 Å². The molecule has 0 saturated heterocycles. The first-order chi connectivity index (χ1) is 9.54. The van der Waals surface area contributed by atoms with E-state index in [2.05, 4.69) is 33.0 Å². The zero-order valence-electron chi connectivity index (χ0n) is 14.3. The van der Waals surface area contributed by atoms with Crippen molar-refractivity contribution >= 4 is 0 Å². The fourth-order valence-corrected chi connectivity index (χ4v) is 3.20. The normalized spacial score (nSPS) is 24.6. The van der Waals surface area contributed by atoms with Crippen LogP contribution in [0.25, 0.3) is 0 Å². The third kappa shape index (κ3) is 7.64. The van der Waals surface area contributed by atoms with Gasteiger partial charge in [-0.15, -0.1) is 0 Å². The highest BCUT2D eigenvalue weighted by Crippen LogP contribution is 2.36. The van der Waals surface area contributed by atoms with E-state index in [0.29, 0.717) is 5.41 Å². The number of hydrogen-bond acceptors (Lipinski definition) is 2. The Morgan fingerprint density at radius 2 is 1.75 bits per heavy atom. The molecule has 1 aliphatic carbocycles. The second kappa shape index (κ2) is 9.78. The van der Waals surface area contributed by atoms with E-state index in [1.165, 1.54) is 44.9 Å². The van der Waals surface area contributed by atoms with Crippen LogP contribution >= 0.6 is 0 Å². The van der Waals surface area contributed by atoms with E-state index in [1.807, 2.05) is 0 Å². The minimum atomic E-state index is 0.488. The van der Waals surface area contributed by atoms with Crippen LogP contribution in [0.4, 0.5) is 0 Å². The lowest BCUT2D eigenvalue weighted by Crippen LogP contribution is -2.30. The van der Waals surface area contributed by atoms with Crippen molar-refractivity contribution in [2.75, 3.05) is 19.8 Å². The molecule has 1 fully saturated rings. The quantitative estimate of drug-likeness (QED) is 0.511. The molecule has 1 rings (SSSR count). The molecule has 2 nitrogen and oxygen atoms in total. The summed E-state index contributed by atoms with van der Waals surface area (Å²) in [5, 5.41) is 3.74. The Balaban J connectivity index is 2.07. The average molecular weight is 284 g/mol. The zero-order chi connectivity index (χ0) is 14.8. The van der Waals surface area contributed by atoms with Gasteiger partial charge in [-0.2, -0.15) is 0 Å². The van der Waals surface area contributed by atoms with Gasteiger partial charge in [0, 0.05) is 19.3 Å². The maximum atomic E-state index is 5.61. The highest BCUT2D eigenvalue weighted by molar-refractivity contribution is 4.81. The summed E-state index contributed by atoms with van der Waals surface area (Å²) in [7, 11) is 0. The highest BCUT2D eigenvalue weighted by Gasteiger charge is 2.27. The largest absolute Gasteiger partial charge is 0.381 e. The Kier molecular flexibility index (Phi) is 8.79. The number of unbranched alkanes of at least 4 members (excludes halogenated alkanes) is 1. The molecule has 1 saturated carbocycles. The molecule has 20 heavy (non-hydrogen) atoms. The summed E-state index contributed by atoms with van der Waals surface area (Å²) in [6.45, 7) is 12.4. The van der Waals surface area contributed by atoms with Gasteiger partial charge < -0.3 is 10.1 Å². The standard InChI is InChI=1S/C18H37NO/c1-5-6-14-20-15-8-13-19-17-10-7-9-16(11-12-17)18(2,3)4/h16-17,19H,5-15H2,1-4H3. The predicted molar refractivity (Wildman–Crippen MR) is 88.2 cm³/mol. The van der Waals surface area contributed by atoms with Gasteiger partial charge in [-0.05, 0) is 56.4 Å². The number of ether oxygens (including phenoxy) is 1. The monoisotopic (exact) mass is 283 g/mol. The van der Waals surface area contributed by atoms with Gasteiger partial charge in [0.05, 0.1) is 0 Å². The molecule has 1 N–H and O–H groups in total. The molecule has 0 bridgehead atoms. The molecule has 1 aliphatic rings. The van der Waals surface area contributed by atoms with Gasteiger partial charge in [0.2, 0.25) is 0 Å². The Morgan fingerprint density at radius 3 is 2.45 bits per heavy atom. The van der Waals surface area contributed by atoms with E-state index in [-0.39, 0.29) is 0 Å². The van der Waals surface area contributed by atoms with Gasteiger partial charge in [0.25, 0.3) is 0 Å². The smallest absolute Gasteiger partial charge is 0.0478 e. The van der Waals surface area contributed by atoms with Crippen molar-refractivity contribution < 1.29 is 4.74 Å². The van der Waals surface area contributed by atoms with E-state index in [4.69, 9.17) is 4.74 Å². The molecule has 0 aromatic rings. The van der Waals surface area contributed by atoms with Crippen molar-refractivity contribution in [3.05, 3.63) is 0 Å². The molecule has 2 unspecified atom stereocenters. The van der Waals surface area contributed by atoms with Gasteiger partial charge in [-0.25, -0.2) is 0 Å². The van der Waals surface area contributed by atoms with Crippen molar-refractivity contribution in [3.63, 3.8) is 0 Å². The van der Waals surface area contributed by atoms with Crippen LogP contribution < -0.4 is 5.32 Å². The molecule has 0 aromatic heterocycles. The van der Waals surface area contributed by atoms with Crippen LogP contribution in [-0.2, 0) is 4.74 Å². The first kappa shape index (κ1) is 18.0. The Labute approximate surface area is 127 Å². The van der Waals surface area contributed by atoms with Gasteiger partial charge in [-0.3, -0.25) is 0 Å². The summed E-state index contributed by atoms with van der Waals surface area (Å²) >= 11 is 0. The third-order valence-corrected chi connectivity index (χ3v) is 4.73. The summed E-state index contributed by atoms with van der Waals surface area (Å²) < 4.78 is 5.61. The van der Waals surface area contributed by atoms with Crippen LogP contribution in [0.5, 0.6) is 0 Å². The summed E-state index contributed by atoms with van der Waals surface area (Å²) in [6.07, 6.45) is 10.5. The van der Waals surface area contributed by atoms with Crippen molar-refractivity contribution in [2.24, 2.45) is 11.3 Å². The molecule has 0 radical (unpaired) electrons. The molecule has 0 aromatic carbocycles. The second-order valence-electron chi connectivity index (χ2n) is 7.54.